The number of rotatable bonds is 7. The summed E-state index contributed by atoms with van der Waals surface area (Å²) in [4.78, 5) is 1.31. The number of hydrogen-bond acceptors (Lipinski definition) is 4. The van der Waals surface area contributed by atoms with Crippen LogP contribution in [0.4, 0.5) is 0 Å². The maximum atomic E-state index is 5.15. The predicted octanol–water partition coefficient (Wildman–Crippen LogP) is 2.23. The average molecular weight is 242 g/mol. The summed E-state index contributed by atoms with van der Waals surface area (Å²) in [6.07, 6.45) is 0. The Bertz CT molecular complexity index is 299. The fourth-order valence-electron chi connectivity index (χ4n) is 1.32. The van der Waals surface area contributed by atoms with Crippen molar-refractivity contribution in [3.05, 3.63) is 16.3 Å². The average Bonchev–Trinajstić information content (AvgIpc) is 2.71. The molecule has 92 valence electrons. The first-order valence-electron chi connectivity index (χ1n) is 5.70. The van der Waals surface area contributed by atoms with Crippen LogP contribution in [0.25, 0.3) is 0 Å². The zero-order valence-corrected chi connectivity index (χ0v) is 11.4. The first-order chi connectivity index (χ1) is 7.61. The Labute approximate surface area is 102 Å². The molecule has 2 N–H and O–H groups in total. The van der Waals surface area contributed by atoms with Crippen LogP contribution >= 0.6 is 11.3 Å². The van der Waals surface area contributed by atoms with E-state index in [2.05, 4.69) is 37.5 Å². The highest BCUT2D eigenvalue weighted by Gasteiger charge is 2.04. The summed E-state index contributed by atoms with van der Waals surface area (Å²) in [6.45, 7) is 8.43. The van der Waals surface area contributed by atoms with Gasteiger partial charge in [0, 0.05) is 35.4 Å². The largest absolute Gasteiger partial charge is 0.496 e. The third-order valence-corrected chi connectivity index (χ3v) is 3.24. The molecular formula is C12H22N2OS. The molecule has 1 unspecified atom stereocenters. The maximum Gasteiger partial charge on any atom is 0.129 e. The third kappa shape index (κ3) is 4.96. The van der Waals surface area contributed by atoms with Gasteiger partial charge < -0.3 is 15.4 Å². The maximum absolute atomic E-state index is 5.15. The number of thiophene rings is 1. The van der Waals surface area contributed by atoms with Crippen molar-refractivity contribution < 1.29 is 4.74 Å². The molecule has 0 bridgehead atoms. The van der Waals surface area contributed by atoms with Gasteiger partial charge in [0.25, 0.3) is 0 Å². The van der Waals surface area contributed by atoms with Crippen LogP contribution in [0, 0.1) is 0 Å². The van der Waals surface area contributed by atoms with E-state index < -0.39 is 0 Å². The van der Waals surface area contributed by atoms with E-state index in [1.807, 2.05) is 5.38 Å². The second kappa shape index (κ2) is 6.89. The summed E-state index contributed by atoms with van der Waals surface area (Å²) >= 11 is 1.73. The highest BCUT2D eigenvalue weighted by atomic mass is 32.1. The summed E-state index contributed by atoms with van der Waals surface area (Å²) in [5, 5.41) is 8.93. The van der Waals surface area contributed by atoms with E-state index >= 15 is 0 Å². The molecule has 0 aliphatic rings. The van der Waals surface area contributed by atoms with Gasteiger partial charge in [-0.15, -0.1) is 11.3 Å². The molecule has 1 atom stereocenters. The smallest absolute Gasteiger partial charge is 0.129 e. The Morgan fingerprint density at radius 1 is 1.31 bits per heavy atom. The van der Waals surface area contributed by atoms with Gasteiger partial charge in [0.15, 0.2) is 0 Å². The number of ether oxygens (including phenoxy) is 1. The molecule has 16 heavy (non-hydrogen) atoms. The minimum Gasteiger partial charge on any atom is -0.496 e. The SMILES string of the molecule is COc1csc(CNC(C)CNC(C)C)c1. The second-order valence-corrected chi connectivity index (χ2v) is 5.29. The van der Waals surface area contributed by atoms with E-state index in [0.717, 1.165) is 18.8 Å². The summed E-state index contributed by atoms with van der Waals surface area (Å²) in [7, 11) is 1.70. The van der Waals surface area contributed by atoms with Crippen molar-refractivity contribution in [2.75, 3.05) is 13.7 Å². The highest BCUT2D eigenvalue weighted by Crippen LogP contribution is 2.20. The van der Waals surface area contributed by atoms with E-state index in [1.54, 1.807) is 18.4 Å². The van der Waals surface area contributed by atoms with Crippen molar-refractivity contribution >= 4 is 11.3 Å². The van der Waals surface area contributed by atoms with Crippen LogP contribution in [0.5, 0.6) is 5.75 Å². The molecule has 1 aromatic rings. The van der Waals surface area contributed by atoms with E-state index in [9.17, 15) is 0 Å². The standard InChI is InChI=1S/C12H22N2OS/c1-9(2)13-6-10(3)14-7-12-5-11(15-4)8-16-12/h5,8-10,13-14H,6-7H2,1-4H3. The minimum absolute atomic E-state index is 0.482. The number of nitrogens with one attached hydrogen (secondary N) is 2. The first kappa shape index (κ1) is 13.5. The van der Waals surface area contributed by atoms with E-state index in [1.165, 1.54) is 4.88 Å². The lowest BCUT2D eigenvalue weighted by atomic mass is 10.3. The first-order valence-corrected chi connectivity index (χ1v) is 6.58. The van der Waals surface area contributed by atoms with Gasteiger partial charge in [-0.2, -0.15) is 0 Å². The van der Waals surface area contributed by atoms with Gasteiger partial charge in [0.1, 0.15) is 5.75 Å². The third-order valence-electron chi connectivity index (χ3n) is 2.32. The lowest BCUT2D eigenvalue weighted by Crippen LogP contribution is -2.38. The topological polar surface area (TPSA) is 33.3 Å². The monoisotopic (exact) mass is 242 g/mol. The van der Waals surface area contributed by atoms with Crippen LogP contribution in [-0.2, 0) is 6.54 Å². The lowest BCUT2D eigenvalue weighted by Gasteiger charge is -2.15. The number of hydrogen-bond donors (Lipinski definition) is 2. The second-order valence-electron chi connectivity index (χ2n) is 4.30. The molecule has 0 saturated carbocycles. The molecule has 0 aliphatic heterocycles. The number of methoxy groups -OCH3 is 1. The van der Waals surface area contributed by atoms with Crippen LogP contribution < -0.4 is 15.4 Å². The van der Waals surface area contributed by atoms with Crippen molar-refractivity contribution in [1.29, 1.82) is 0 Å². The molecule has 1 aromatic heterocycles. The van der Waals surface area contributed by atoms with Gasteiger partial charge in [0.2, 0.25) is 0 Å². The molecule has 1 heterocycles. The molecule has 0 saturated heterocycles. The summed E-state index contributed by atoms with van der Waals surface area (Å²) in [6, 6.07) is 3.11. The Morgan fingerprint density at radius 2 is 2.06 bits per heavy atom. The van der Waals surface area contributed by atoms with Gasteiger partial charge in [-0.1, -0.05) is 13.8 Å². The molecule has 0 fully saturated rings. The van der Waals surface area contributed by atoms with Gasteiger partial charge in [-0.25, -0.2) is 0 Å². The fraction of sp³-hybridized carbons (Fsp3) is 0.667. The van der Waals surface area contributed by atoms with Crippen molar-refractivity contribution in [1.82, 2.24) is 10.6 Å². The Morgan fingerprint density at radius 3 is 2.62 bits per heavy atom. The van der Waals surface area contributed by atoms with Crippen molar-refractivity contribution in [3.63, 3.8) is 0 Å². The predicted molar refractivity (Wildman–Crippen MR) is 70.3 cm³/mol. The molecule has 0 aliphatic carbocycles. The fourth-order valence-corrected chi connectivity index (χ4v) is 2.10. The Balaban J connectivity index is 2.23. The quantitative estimate of drug-likeness (QED) is 0.769. The van der Waals surface area contributed by atoms with Crippen molar-refractivity contribution in [2.45, 2.75) is 39.4 Å². The van der Waals surface area contributed by atoms with Gasteiger partial charge in [-0.3, -0.25) is 0 Å². The van der Waals surface area contributed by atoms with Gasteiger partial charge in [-0.05, 0) is 13.0 Å². The zero-order chi connectivity index (χ0) is 12.0. The summed E-state index contributed by atoms with van der Waals surface area (Å²) in [5.41, 5.74) is 0. The van der Waals surface area contributed by atoms with Crippen LogP contribution in [0.2, 0.25) is 0 Å². The van der Waals surface area contributed by atoms with Crippen molar-refractivity contribution in [3.8, 4) is 5.75 Å². The molecule has 1 rings (SSSR count). The van der Waals surface area contributed by atoms with Crippen LogP contribution in [0.3, 0.4) is 0 Å². The summed E-state index contributed by atoms with van der Waals surface area (Å²) < 4.78 is 5.15. The van der Waals surface area contributed by atoms with Gasteiger partial charge >= 0.3 is 0 Å². The zero-order valence-electron chi connectivity index (χ0n) is 10.5. The van der Waals surface area contributed by atoms with Crippen LogP contribution in [0.15, 0.2) is 11.4 Å². The molecule has 4 heteroatoms. The molecule has 3 nitrogen and oxygen atoms in total. The molecule has 0 spiro atoms. The van der Waals surface area contributed by atoms with Crippen LogP contribution in [-0.4, -0.2) is 25.7 Å². The Hall–Kier alpha value is -0.580. The minimum atomic E-state index is 0.482. The summed E-state index contributed by atoms with van der Waals surface area (Å²) in [5.74, 6) is 0.953. The van der Waals surface area contributed by atoms with Crippen LogP contribution in [0.1, 0.15) is 25.6 Å². The molecule has 0 radical (unpaired) electrons. The normalized spacial score (nSPS) is 13.1. The van der Waals surface area contributed by atoms with Crippen molar-refractivity contribution in [2.24, 2.45) is 0 Å². The van der Waals surface area contributed by atoms with E-state index in [0.29, 0.717) is 12.1 Å². The van der Waals surface area contributed by atoms with E-state index in [-0.39, 0.29) is 0 Å². The van der Waals surface area contributed by atoms with Gasteiger partial charge in [0.05, 0.1) is 7.11 Å². The molecule has 0 amide bonds. The molecular weight excluding hydrogens is 220 g/mol. The highest BCUT2D eigenvalue weighted by molar-refractivity contribution is 7.10. The van der Waals surface area contributed by atoms with E-state index in [4.69, 9.17) is 4.74 Å². The lowest BCUT2D eigenvalue weighted by molar-refractivity contribution is 0.416. The Kier molecular flexibility index (Phi) is 5.80. The molecule has 0 aromatic carbocycles.